The van der Waals surface area contributed by atoms with Crippen molar-refractivity contribution >= 4 is 11.8 Å². The molecule has 1 atom stereocenters. The van der Waals surface area contributed by atoms with E-state index in [4.69, 9.17) is 18.9 Å². The summed E-state index contributed by atoms with van der Waals surface area (Å²) >= 11 is 0. The van der Waals surface area contributed by atoms with Crippen LogP contribution >= 0.6 is 0 Å². The van der Waals surface area contributed by atoms with Crippen molar-refractivity contribution in [3.63, 3.8) is 0 Å². The Labute approximate surface area is 183 Å². The van der Waals surface area contributed by atoms with Crippen molar-refractivity contribution < 1.29 is 28.5 Å². The third kappa shape index (κ3) is 4.13. The molecular formula is C24H31NO6. The predicted octanol–water partition coefficient (Wildman–Crippen LogP) is 3.88. The quantitative estimate of drug-likeness (QED) is 0.687. The van der Waals surface area contributed by atoms with E-state index in [1.807, 2.05) is 6.92 Å². The van der Waals surface area contributed by atoms with Gasteiger partial charge in [-0.1, -0.05) is 13.8 Å². The molecule has 0 aromatic heterocycles. The molecule has 1 aromatic carbocycles. The lowest BCUT2D eigenvalue weighted by atomic mass is 9.68. The third-order valence-corrected chi connectivity index (χ3v) is 5.78. The number of esters is 1. The van der Waals surface area contributed by atoms with Crippen molar-refractivity contribution in [1.29, 1.82) is 0 Å². The SMILES string of the molecule is CCOC(=O)C1=C(C)NC2=C(C(=O)CC(C)(C)C2)C1c1cc(OC)c(OC)cc1OC. The number of hydrogen-bond donors (Lipinski definition) is 1. The normalized spacial score (nSPS) is 20.1. The van der Waals surface area contributed by atoms with Crippen molar-refractivity contribution in [1.82, 2.24) is 5.32 Å². The fourth-order valence-electron chi connectivity index (χ4n) is 4.50. The van der Waals surface area contributed by atoms with Gasteiger partial charge in [-0.3, -0.25) is 4.79 Å². The summed E-state index contributed by atoms with van der Waals surface area (Å²) in [4.78, 5) is 26.4. The van der Waals surface area contributed by atoms with Gasteiger partial charge in [0.25, 0.3) is 0 Å². The molecule has 7 heteroatoms. The second-order valence-electron chi connectivity index (χ2n) is 8.60. The Hall–Kier alpha value is -2.96. The number of ketones is 1. The maximum atomic E-state index is 13.4. The highest BCUT2D eigenvalue weighted by Gasteiger charge is 2.44. The summed E-state index contributed by atoms with van der Waals surface area (Å²) in [5.74, 6) is 0.412. The van der Waals surface area contributed by atoms with Gasteiger partial charge in [-0.15, -0.1) is 0 Å². The fraction of sp³-hybridized carbons (Fsp3) is 0.500. The van der Waals surface area contributed by atoms with Crippen LogP contribution < -0.4 is 19.5 Å². The standard InChI is InChI=1S/C24H31NO6/c1-8-31-23(27)20-13(2)25-15-11-24(3,4)12-16(26)22(15)21(20)14-9-18(29-6)19(30-7)10-17(14)28-5/h9-10,21,25H,8,11-12H2,1-7H3. The van der Waals surface area contributed by atoms with E-state index in [0.29, 0.717) is 52.5 Å². The fourth-order valence-corrected chi connectivity index (χ4v) is 4.50. The summed E-state index contributed by atoms with van der Waals surface area (Å²) in [6.07, 6.45) is 1.10. The predicted molar refractivity (Wildman–Crippen MR) is 116 cm³/mol. The van der Waals surface area contributed by atoms with E-state index in [2.05, 4.69) is 19.2 Å². The summed E-state index contributed by atoms with van der Waals surface area (Å²) in [5, 5.41) is 3.32. The van der Waals surface area contributed by atoms with Gasteiger partial charge in [0.05, 0.1) is 39.4 Å². The number of rotatable bonds is 6. The molecule has 0 radical (unpaired) electrons. The van der Waals surface area contributed by atoms with Gasteiger partial charge in [0, 0.05) is 35.0 Å². The molecule has 2 aliphatic rings. The largest absolute Gasteiger partial charge is 0.496 e. The van der Waals surface area contributed by atoms with Crippen LogP contribution in [0.3, 0.4) is 0 Å². The Morgan fingerprint density at radius 3 is 2.26 bits per heavy atom. The molecule has 0 bridgehead atoms. The monoisotopic (exact) mass is 429 g/mol. The molecular weight excluding hydrogens is 398 g/mol. The Bertz CT molecular complexity index is 973. The minimum Gasteiger partial charge on any atom is -0.496 e. The zero-order valence-electron chi connectivity index (χ0n) is 19.3. The van der Waals surface area contributed by atoms with Crippen LogP contribution in [0.15, 0.2) is 34.7 Å². The zero-order valence-corrected chi connectivity index (χ0v) is 19.3. The van der Waals surface area contributed by atoms with E-state index in [0.717, 1.165) is 5.70 Å². The zero-order chi connectivity index (χ0) is 22.9. The highest BCUT2D eigenvalue weighted by Crippen LogP contribution is 2.50. The van der Waals surface area contributed by atoms with E-state index >= 15 is 0 Å². The molecule has 1 aliphatic heterocycles. The third-order valence-electron chi connectivity index (χ3n) is 5.78. The second-order valence-corrected chi connectivity index (χ2v) is 8.60. The maximum Gasteiger partial charge on any atom is 0.336 e. The summed E-state index contributed by atoms with van der Waals surface area (Å²) < 4.78 is 21.9. The molecule has 1 heterocycles. The van der Waals surface area contributed by atoms with Gasteiger partial charge in [0.15, 0.2) is 17.3 Å². The van der Waals surface area contributed by atoms with Crippen LogP contribution in [0.2, 0.25) is 0 Å². The Balaban J connectivity index is 2.30. The average Bonchev–Trinajstić information content (AvgIpc) is 2.70. The number of allylic oxidation sites excluding steroid dienone is 3. The Kier molecular flexibility index (Phi) is 6.34. The minimum absolute atomic E-state index is 0.00915. The lowest BCUT2D eigenvalue weighted by molar-refractivity contribution is -0.138. The molecule has 0 saturated carbocycles. The van der Waals surface area contributed by atoms with Crippen molar-refractivity contribution in [3.05, 3.63) is 40.2 Å². The number of carbonyl (C=O) groups is 2. The van der Waals surface area contributed by atoms with Crippen LogP contribution in [0.5, 0.6) is 17.2 Å². The Morgan fingerprint density at radius 2 is 1.68 bits per heavy atom. The number of ether oxygens (including phenoxy) is 4. The molecule has 0 amide bonds. The van der Waals surface area contributed by atoms with E-state index in [-0.39, 0.29) is 17.8 Å². The summed E-state index contributed by atoms with van der Waals surface area (Å²) in [7, 11) is 4.64. The van der Waals surface area contributed by atoms with Gasteiger partial charge in [0.2, 0.25) is 0 Å². The highest BCUT2D eigenvalue weighted by atomic mass is 16.5. The number of dihydropyridines is 1. The first-order chi connectivity index (χ1) is 14.7. The van der Waals surface area contributed by atoms with Crippen LogP contribution in [0.1, 0.15) is 52.0 Å². The lowest BCUT2D eigenvalue weighted by Crippen LogP contribution is -2.38. The number of nitrogens with one attached hydrogen (secondary N) is 1. The molecule has 1 unspecified atom stereocenters. The van der Waals surface area contributed by atoms with Gasteiger partial charge < -0.3 is 24.3 Å². The van der Waals surface area contributed by atoms with Gasteiger partial charge >= 0.3 is 5.97 Å². The molecule has 0 saturated heterocycles. The van der Waals surface area contributed by atoms with Crippen molar-refractivity contribution in [2.75, 3.05) is 27.9 Å². The minimum atomic E-state index is -0.631. The van der Waals surface area contributed by atoms with Crippen LogP contribution in [-0.2, 0) is 14.3 Å². The number of hydrogen-bond acceptors (Lipinski definition) is 7. The van der Waals surface area contributed by atoms with Crippen molar-refractivity contribution in [2.45, 2.75) is 46.5 Å². The van der Waals surface area contributed by atoms with Gasteiger partial charge in [-0.2, -0.15) is 0 Å². The molecule has 31 heavy (non-hydrogen) atoms. The van der Waals surface area contributed by atoms with E-state index in [9.17, 15) is 9.59 Å². The summed E-state index contributed by atoms with van der Waals surface area (Å²) in [5.41, 5.74) is 2.98. The van der Waals surface area contributed by atoms with Crippen molar-refractivity contribution in [2.24, 2.45) is 5.41 Å². The van der Waals surface area contributed by atoms with E-state index in [1.54, 1.807) is 40.4 Å². The molecule has 168 valence electrons. The maximum absolute atomic E-state index is 13.4. The molecule has 1 N–H and O–H groups in total. The first-order valence-electron chi connectivity index (χ1n) is 10.4. The van der Waals surface area contributed by atoms with Crippen molar-refractivity contribution in [3.8, 4) is 17.2 Å². The summed E-state index contributed by atoms with van der Waals surface area (Å²) in [6, 6.07) is 3.49. The van der Waals surface area contributed by atoms with Crippen LogP contribution in [0, 0.1) is 5.41 Å². The van der Waals surface area contributed by atoms with Gasteiger partial charge in [-0.05, 0) is 31.7 Å². The van der Waals surface area contributed by atoms with Crippen LogP contribution in [-0.4, -0.2) is 39.7 Å². The lowest BCUT2D eigenvalue weighted by Gasteiger charge is -2.39. The molecule has 1 aliphatic carbocycles. The smallest absolute Gasteiger partial charge is 0.336 e. The average molecular weight is 430 g/mol. The number of benzene rings is 1. The Morgan fingerprint density at radius 1 is 1.06 bits per heavy atom. The number of Topliss-reactive ketones (excluding diaryl/α,β-unsaturated/α-hetero) is 1. The van der Waals surface area contributed by atoms with E-state index < -0.39 is 11.9 Å². The van der Waals surface area contributed by atoms with Gasteiger partial charge in [0.1, 0.15) is 5.75 Å². The highest BCUT2D eigenvalue weighted by molar-refractivity contribution is 6.04. The number of carbonyl (C=O) groups excluding carboxylic acids is 2. The molecule has 1 aromatic rings. The molecule has 3 rings (SSSR count). The van der Waals surface area contributed by atoms with Crippen LogP contribution in [0.4, 0.5) is 0 Å². The molecule has 0 spiro atoms. The first-order valence-corrected chi connectivity index (χ1v) is 10.4. The topological polar surface area (TPSA) is 83.1 Å². The molecule has 7 nitrogen and oxygen atoms in total. The van der Waals surface area contributed by atoms with Gasteiger partial charge in [-0.25, -0.2) is 4.79 Å². The van der Waals surface area contributed by atoms with E-state index in [1.165, 1.54) is 0 Å². The second kappa shape index (κ2) is 8.65. The molecule has 0 fully saturated rings. The number of methoxy groups -OCH3 is 3. The summed E-state index contributed by atoms with van der Waals surface area (Å²) in [6.45, 7) is 7.97. The first kappa shape index (κ1) is 22.7. The van der Waals surface area contributed by atoms with Crippen LogP contribution in [0.25, 0.3) is 0 Å².